The van der Waals surface area contributed by atoms with Crippen LogP contribution in [0.1, 0.15) is 36.8 Å². The monoisotopic (exact) mass is 361 g/mol. The van der Waals surface area contributed by atoms with Gasteiger partial charge in [0.1, 0.15) is 0 Å². The second kappa shape index (κ2) is 10.9. The Morgan fingerprint density at radius 2 is 1.87 bits per heavy atom. The molecule has 2 unspecified atom stereocenters. The molecule has 0 aliphatic heterocycles. The Labute approximate surface area is 152 Å². The van der Waals surface area contributed by atoms with Gasteiger partial charge < -0.3 is 16.0 Å². The van der Waals surface area contributed by atoms with Gasteiger partial charge in [0.15, 0.2) is 0 Å². The van der Waals surface area contributed by atoms with E-state index in [1.807, 2.05) is 12.1 Å². The number of nitrogens with two attached hydrogens (primary N) is 1. The molecule has 1 aromatic carbocycles. The molecule has 1 saturated carbocycles. The van der Waals surface area contributed by atoms with Crippen LogP contribution in [0.2, 0.25) is 0 Å². The minimum absolute atomic E-state index is 0. The molecule has 4 nitrogen and oxygen atoms in total. The number of nitrogens with one attached hydrogen (secondary N) is 1. The highest BCUT2D eigenvalue weighted by Gasteiger charge is 2.25. The molecule has 23 heavy (non-hydrogen) atoms. The molecule has 1 fully saturated rings. The normalized spacial score (nSPS) is 20.3. The summed E-state index contributed by atoms with van der Waals surface area (Å²) in [7, 11) is 4.11. The number of amides is 1. The molecule has 1 aliphatic rings. The Morgan fingerprint density at radius 3 is 2.48 bits per heavy atom. The highest BCUT2D eigenvalue weighted by Crippen LogP contribution is 2.23. The lowest BCUT2D eigenvalue weighted by molar-refractivity contribution is -0.126. The van der Waals surface area contributed by atoms with Crippen molar-refractivity contribution in [2.24, 2.45) is 11.7 Å². The van der Waals surface area contributed by atoms with Crippen molar-refractivity contribution in [1.29, 1.82) is 0 Å². The lowest BCUT2D eigenvalue weighted by atomic mass is 9.85. The first-order chi connectivity index (χ1) is 10.1. The van der Waals surface area contributed by atoms with Gasteiger partial charge in [-0.15, -0.1) is 24.8 Å². The van der Waals surface area contributed by atoms with Gasteiger partial charge in [-0.25, -0.2) is 0 Å². The third-order valence-corrected chi connectivity index (χ3v) is 4.14. The molecular weight excluding hydrogens is 333 g/mol. The molecule has 2 atom stereocenters. The average molecular weight is 362 g/mol. The molecule has 0 spiro atoms. The number of rotatable bonds is 5. The quantitative estimate of drug-likeness (QED) is 0.847. The van der Waals surface area contributed by atoms with Crippen molar-refractivity contribution >= 4 is 30.7 Å². The maximum atomic E-state index is 12.3. The largest absolute Gasteiger partial charge is 0.352 e. The van der Waals surface area contributed by atoms with E-state index in [1.165, 1.54) is 11.1 Å². The highest BCUT2D eigenvalue weighted by atomic mass is 35.5. The van der Waals surface area contributed by atoms with Crippen LogP contribution in [0.3, 0.4) is 0 Å². The van der Waals surface area contributed by atoms with E-state index in [1.54, 1.807) is 0 Å². The molecule has 1 aliphatic carbocycles. The fraction of sp³-hybridized carbons (Fsp3) is 0.588. The number of hydrogen-bond acceptors (Lipinski definition) is 3. The Balaban J connectivity index is 0.00000242. The van der Waals surface area contributed by atoms with Crippen LogP contribution in [-0.2, 0) is 17.9 Å². The van der Waals surface area contributed by atoms with Gasteiger partial charge in [-0.1, -0.05) is 30.7 Å². The third-order valence-electron chi connectivity index (χ3n) is 4.14. The van der Waals surface area contributed by atoms with Crippen molar-refractivity contribution in [3.8, 4) is 0 Å². The predicted molar refractivity (Wildman–Crippen MR) is 100 cm³/mol. The number of carbonyl (C=O) groups is 1. The van der Waals surface area contributed by atoms with Crippen molar-refractivity contribution in [2.45, 2.75) is 44.8 Å². The topological polar surface area (TPSA) is 58.4 Å². The van der Waals surface area contributed by atoms with E-state index in [9.17, 15) is 4.79 Å². The van der Waals surface area contributed by atoms with Crippen LogP contribution in [0.5, 0.6) is 0 Å². The standard InChI is InChI=1S/C17H27N3O.2ClH/c1-20(2)12-15-7-4-3-6-14(15)11-19-17(21)13-8-5-9-16(18)10-13;;/h3-4,6-7,13,16H,5,8-12,18H2,1-2H3,(H,19,21);2*1H. The van der Waals surface area contributed by atoms with Gasteiger partial charge in [-0.2, -0.15) is 0 Å². The lowest BCUT2D eigenvalue weighted by Crippen LogP contribution is -2.37. The smallest absolute Gasteiger partial charge is 0.223 e. The molecule has 3 N–H and O–H groups in total. The molecule has 1 amide bonds. The van der Waals surface area contributed by atoms with E-state index in [-0.39, 0.29) is 42.7 Å². The van der Waals surface area contributed by atoms with Gasteiger partial charge in [-0.05, 0) is 44.5 Å². The first-order valence-electron chi connectivity index (χ1n) is 7.81. The highest BCUT2D eigenvalue weighted by molar-refractivity contribution is 5.85. The minimum Gasteiger partial charge on any atom is -0.352 e. The van der Waals surface area contributed by atoms with Crippen molar-refractivity contribution in [1.82, 2.24) is 10.2 Å². The Hall–Kier alpha value is -0.810. The summed E-state index contributed by atoms with van der Waals surface area (Å²) < 4.78 is 0. The summed E-state index contributed by atoms with van der Waals surface area (Å²) in [5, 5.41) is 3.09. The number of hydrogen-bond donors (Lipinski definition) is 2. The fourth-order valence-corrected chi connectivity index (χ4v) is 3.02. The van der Waals surface area contributed by atoms with Gasteiger partial charge in [-0.3, -0.25) is 4.79 Å². The average Bonchev–Trinajstić information content (AvgIpc) is 2.45. The van der Waals surface area contributed by atoms with Crippen LogP contribution in [0, 0.1) is 5.92 Å². The maximum Gasteiger partial charge on any atom is 0.223 e. The van der Waals surface area contributed by atoms with E-state index in [4.69, 9.17) is 5.73 Å². The molecule has 6 heteroatoms. The molecule has 0 radical (unpaired) electrons. The molecule has 0 saturated heterocycles. The maximum absolute atomic E-state index is 12.3. The first-order valence-corrected chi connectivity index (χ1v) is 7.81. The van der Waals surface area contributed by atoms with Gasteiger partial charge in [0, 0.05) is 25.0 Å². The van der Waals surface area contributed by atoms with Gasteiger partial charge in [0.25, 0.3) is 0 Å². The van der Waals surface area contributed by atoms with Gasteiger partial charge in [0.05, 0.1) is 0 Å². The summed E-state index contributed by atoms with van der Waals surface area (Å²) in [6.07, 6.45) is 3.91. The van der Waals surface area contributed by atoms with Crippen molar-refractivity contribution in [3.63, 3.8) is 0 Å². The minimum atomic E-state index is 0. The van der Waals surface area contributed by atoms with Crippen molar-refractivity contribution in [3.05, 3.63) is 35.4 Å². The zero-order chi connectivity index (χ0) is 15.2. The molecule has 0 aromatic heterocycles. The van der Waals surface area contributed by atoms with Crippen LogP contribution in [0.4, 0.5) is 0 Å². The number of benzene rings is 1. The summed E-state index contributed by atoms with van der Waals surface area (Å²) in [5.74, 6) is 0.250. The summed E-state index contributed by atoms with van der Waals surface area (Å²) >= 11 is 0. The molecule has 132 valence electrons. The van der Waals surface area contributed by atoms with Crippen molar-refractivity contribution < 1.29 is 4.79 Å². The fourth-order valence-electron chi connectivity index (χ4n) is 3.02. The summed E-state index contributed by atoms with van der Waals surface area (Å²) in [5.41, 5.74) is 8.42. The molecule has 0 bridgehead atoms. The summed E-state index contributed by atoms with van der Waals surface area (Å²) in [6, 6.07) is 8.47. The SMILES string of the molecule is CN(C)Cc1ccccc1CNC(=O)C1CCCC(N)C1.Cl.Cl. The number of nitrogens with zero attached hydrogens (tertiary/aromatic N) is 1. The predicted octanol–water partition coefficient (Wildman–Crippen LogP) is 2.73. The van der Waals surface area contributed by atoms with E-state index in [0.717, 1.165) is 32.2 Å². The van der Waals surface area contributed by atoms with Gasteiger partial charge >= 0.3 is 0 Å². The van der Waals surface area contributed by atoms with Crippen LogP contribution < -0.4 is 11.1 Å². The Kier molecular flexibility index (Phi) is 10.5. The van der Waals surface area contributed by atoms with E-state index in [2.05, 4.69) is 36.4 Å². The second-order valence-corrected chi connectivity index (χ2v) is 6.35. The van der Waals surface area contributed by atoms with Gasteiger partial charge in [0.2, 0.25) is 5.91 Å². The molecule has 0 heterocycles. The first kappa shape index (κ1) is 22.2. The lowest BCUT2D eigenvalue weighted by Gasteiger charge is -2.25. The summed E-state index contributed by atoms with van der Waals surface area (Å²) in [6.45, 7) is 1.49. The van der Waals surface area contributed by atoms with E-state index < -0.39 is 0 Å². The van der Waals surface area contributed by atoms with Crippen LogP contribution in [0.15, 0.2) is 24.3 Å². The second-order valence-electron chi connectivity index (χ2n) is 6.35. The van der Waals surface area contributed by atoms with Crippen LogP contribution in [-0.4, -0.2) is 30.9 Å². The zero-order valence-electron chi connectivity index (χ0n) is 14.0. The van der Waals surface area contributed by atoms with Crippen molar-refractivity contribution in [2.75, 3.05) is 14.1 Å². The third kappa shape index (κ3) is 7.08. The van der Waals surface area contributed by atoms with E-state index in [0.29, 0.717) is 6.54 Å². The molecular formula is C17H29Cl2N3O. The van der Waals surface area contributed by atoms with Crippen LogP contribution >= 0.6 is 24.8 Å². The molecule has 2 rings (SSSR count). The van der Waals surface area contributed by atoms with Crippen LogP contribution in [0.25, 0.3) is 0 Å². The Morgan fingerprint density at radius 1 is 1.22 bits per heavy atom. The zero-order valence-corrected chi connectivity index (χ0v) is 15.6. The van der Waals surface area contributed by atoms with E-state index >= 15 is 0 Å². The number of halogens is 2. The molecule has 1 aromatic rings. The number of carbonyl (C=O) groups excluding carboxylic acids is 1. The summed E-state index contributed by atoms with van der Waals surface area (Å²) in [4.78, 5) is 14.4. The Bertz CT molecular complexity index is 483.